The molecule has 1 fully saturated rings. The molecule has 3 heterocycles. The molecule has 29 heavy (non-hydrogen) atoms. The fraction of sp³-hybridized carbons (Fsp3) is 0.217. The van der Waals surface area contributed by atoms with Gasteiger partial charge in [-0.15, -0.1) is 0 Å². The van der Waals surface area contributed by atoms with Gasteiger partial charge < -0.3 is 14.2 Å². The molecule has 6 heteroatoms. The van der Waals surface area contributed by atoms with Crippen molar-refractivity contribution in [1.29, 1.82) is 0 Å². The van der Waals surface area contributed by atoms with Crippen LogP contribution in [0.3, 0.4) is 0 Å². The van der Waals surface area contributed by atoms with Gasteiger partial charge in [-0.2, -0.15) is 0 Å². The van der Waals surface area contributed by atoms with Gasteiger partial charge in [0.05, 0.1) is 11.2 Å². The van der Waals surface area contributed by atoms with Crippen LogP contribution in [-0.4, -0.2) is 42.0 Å². The van der Waals surface area contributed by atoms with Gasteiger partial charge in [0.1, 0.15) is 5.82 Å². The fourth-order valence-electron chi connectivity index (χ4n) is 3.86. The van der Waals surface area contributed by atoms with Gasteiger partial charge in [0.2, 0.25) is 5.71 Å². The van der Waals surface area contributed by atoms with Gasteiger partial charge in [0, 0.05) is 37.0 Å². The summed E-state index contributed by atoms with van der Waals surface area (Å²) in [5.74, 6) is -0.103. The number of hydrogen-bond acceptors (Lipinski definition) is 4. The Labute approximate surface area is 167 Å². The molecule has 1 amide bonds. The van der Waals surface area contributed by atoms with Crippen LogP contribution in [0.4, 0.5) is 10.1 Å². The molecule has 5 rings (SSSR count). The summed E-state index contributed by atoms with van der Waals surface area (Å²) in [4.78, 5) is 21.2. The van der Waals surface area contributed by atoms with Crippen molar-refractivity contribution in [3.63, 3.8) is 0 Å². The minimum atomic E-state index is -0.238. The lowest BCUT2D eigenvalue weighted by atomic mass is 10.1. The number of benzene rings is 2. The maximum absolute atomic E-state index is 14.0. The zero-order chi connectivity index (χ0) is 20.0. The summed E-state index contributed by atoms with van der Waals surface area (Å²) in [6.45, 7) is 4.20. The third kappa shape index (κ3) is 3.20. The molecule has 0 atom stereocenters. The smallest absolute Gasteiger partial charge is 0.289 e. The number of rotatable bonds is 2. The second-order valence-electron chi connectivity index (χ2n) is 7.42. The molecule has 0 spiro atoms. The van der Waals surface area contributed by atoms with E-state index in [-0.39, 0.29) is 11.7 Å². The maximum atomic E-state index is 14.0. The fourth-order valence-corrected chi connectivity index (χ4v) is 3.86. The number of furan rings is 1. The van der Waals surface area contributed by atoms with E-state index in [4.69, 9.17) is 4.42 Å². The van der Waals surface area contributed by atoms with Crippen LogP contribution in [0.25, 0.3) is 22.0 Å². The first kappa shape index (κ1) is 17.7. The molecule has 0 radical (unpaired) electrons. The number of aromatic nitrogens is 1. The number of piperazine rings is 1. The Bertz CT molecular complexity index is 1230. The van der Waals surface area contributed by atoms with Crippen molar-refractivity contribution in [2.45, 2.75) is 6.92 Å². The number of para-hydroxylation sites is 1. The number of amides is 1. The van der Waals surface area contributed by atoms with E-state index in [0.717, 1.165) is 21.9 Å². The van der Waals surface area contributed by atoms with E-state index in [1.807, 2.05) is 42.2 Å². The molecular formula is C23H20FN3O2. The summed E-state index contributed by atoms with van der Waals surface area (Å²) in [7, 11) is 0. The topological polar surface area (TPSA) is 49.6 Å². The highest BCUT2D eigenvalue weighted by molar-refractivity contribution is 5.98. The predicted molar refractivity (Wildman–Crippen MR) is 111 cm³/mol. The average molecular weight is 389 g/mol. The zero-order valence-corrected chi connectivity index (χ0v) is 16.1. The van der Waals surface area contributed by atoms with E-state index in [2.05, 4.69) is 4.98 Å². The van der Waals surface area contributed by atoms with E-state index < -0.39 is 0 Å². The SMILES string of the molecule is Cc1ccc2cc3cc(C(=O)N4CCN(c5ccccc5F)CC4)oc3nc2c1. The lowest BCUT2D eigenvalue weighted by Gasteiger charge is -2.35. The Balaban J connectivity index is 1.36. The summed E-state index contributed by atoms with van der Waals surface area (Å²) in [6, 6.07) is 16.5. The van der Waals surface area contributed by atoms with Gasteiger partial charge in [-0.1, -0.05) is 24.3 Å². The second-order valence-corrected chi connectivity index (χ2v) is 7.42. The largest absolute Gasteiger partial charge is 0.433 e. The summed E-state index contributed by atoms with van der Waals surface area (Å²) in [6.07, 6.45) is 0. The number of aryl methyl sites for hydroxylation is 1. The van der Waals surface area contributed by atoms with Gasteiger partial charge in [-0.05, 0) is 42.8 Å². The third-order valence-electron chi connectivity index (χ3n) is 5.43. The number of carbonyl (C=O) groups is 1. The average Bonchev–Trinajstić information content (AvgIpc) is 3.15. The number of nitrogens with zero attached hydrogens (tertiary/aromatic N) is 3. The minimum Gasteiger partial charge on any atom is -0.433 e. The molecule has 2 aromatic carbocycles. The monoisotopic (exact) mass is 389 g/mol. The molecule has 1 saturated heterocycles. The van der Waals surface area contributed by atoms with Crippen LogP contribution in [0.1, 0.15) is 16.1 Å². The maximum Gasteiger partial charge on any atom is 0.289 e. The Morgan fingerprint density at radius 2 is 1.79 bits per heavy atom. The number of fused-ring (bicyclic) bond motifs is 2. The number of carbonyl (C=O) groups excluding carboxylic acids is 1. The van der Waals surface area contributed by atoms with Crippen molar-refractivity contribution in [3.05, 3.63) is 71.7 Å². The Morgan fingerprint density at radius 3 is 2.59 bits per heavy atom. The zero-order valence-electron chi connectivity index (χ0n) is 16.1. The van der Waals surface area contributed by atoms with E-state index in [1.54, 1.807) is 23.1 Å². The van der Waals surface area contributed by atoms with Crippen LogP contribution in [0.2, 0.25) is 0 Å². The van der Waals surface area contributed by atoms with E-state index >= 15 is 0 Å². The van der Waals surface area contributed by atoms with Gasteiger partial charge in [0.25, 0.3) is 5.91 Å². The highest BCUT2D eigenvalue weighted by Crippen LogP contribution is 2.25. The van der Waals surface area contributed by atoms with Gasteiger partial charge >= 0.3 is 0 Å². The lowest BCUT2D eigenvalue weighted by Crippen LogP contribution is -2.49. The highest BCUT2D eigenvalue weighted by atomic mass is 19.1. The number of anilines is 1. The molecule has 0 N–H and O–H groups in total. The molecule has 4 aromatic rings. The lowest BCUT2D eigenvalue weighted by molar-refractivity contribution is 0.0716. The molecule has 146 valence electrons. The molecule has 1 aliphatic heterocycles. The first-order chi connectivity index (χ1) is 14.1. The molecule has 5 nitrogen and oxygen atoms in total. The standard InChI is InChI=1S/C23H20FN3O2/c1-15-6-7-16-13-17-14-21(29-22(17)25-19(16)12-15)23(28)27-10-8-26(9-11-27)20-5-3-2-4-18(20)24/h2-7,12-14H,8-11H2,1H3. The van der Waals surface area contributed by atoms with E-state index in [9.17, 15) is 9.18 Å². The molecule has 0 aliphatic carbocycles. The van der Waals surface area contributed by atoms with Crippen LogP contribution in [-0.2, 0) is 0 Å². The van der Waals surface area contributed by atoms with E-state index in [1.165, 1.54) is 6.07 Å². The molecule has 0 unspecified atom stereocenters. The van der Waals surface area contributed by atoms with E-state index in [0.29, 0.717) is 43.3 Å². The molecular weight excluding hydrogens is 369 g/mol. The van der Waals surface area contributed by atoms with Crippen molar-refractivity contribution < 1.29 is 13.6 Å². The minimum absolute atomic E-state index is 0.156. The highest BCUT2D eigenvalue weighted by Gasteiger charge is 2.26. The molecule has 2 aromatic heterocycles. The molecule has 0 bridgehead atoms. The summed E-state index contributed by atoms with van der Waals surface area (Å²) < 4.78 is 19.8. The first-order valence-electron chi connectivity index (χ1n) is 9.68. The van der Waals surface area contributed by atoms with Gasteiger partial charge in [0.15, 0.2) is 5.76 Å². The van der Waals surface area contributed by atoms with Crippen molar-refractivity contribution in [2.24, 2.45) is 0 Å². The van der Waals surface area contributed by atoms with Crippen LogP contribution in [0, 0.1) is 12.7 Å². The first-order valence-corrected chi connectivity index (χ1v) is 9.68. The van der Waals surface area contributed by atoms with Crippen molar-refractivity contribution in [2.75, 3.05) is 31.1 Å². The van der Waals surface area contributed by atoms with Gasteiger partial charge in [-0.3, -0.25) is 4.79 Å². The number of halogens is 1. The van der Waals surface area contributed by atoms with Crippen molar-refractivity contribution >= 4 is 33.6 Å². The summed E-state index contributed by atoms with van der Waals surface area (Å²) in [5, 5.41) is 1.83. The van der Waals surface area contributed by atoms with Crippen LogP contribution < -0.4 is 4.90 Å². The Hall–Kier alpha value is -3.41. The van der Waals surface area contributed by atoms with Crippen LogP contribution >= 0.6 is 0 Å². The van der Waals surface area contributed by atoms with Crippen LogP contribution in [0.5, 0.6) is 0 Å². The predicted octanol–water partition coefficient (Wildman–Crippen LogP) is 4.39. The summed E-state index contributed by atoms with van der Waals surface area (Å²) >= 11 is 0. The quantitative estimate of drug-likeness (QED) is 0.510. The normalized spacial score (nSPS) is 14.7. The number of pyridine rings is 1. The molecule has 1 aliphatic rings. The summed E-state index contributed by atoms with van der Waals surface area (Å²) in [5.41, 5.74) is 3.02. The number of hydrogen-bond donors (Lipinski definition) is 0. The third-order valence-corrected chi connectivity index (χ3v) is 5.43. The Kier molecular flexibility index (Phi) is 4.19. The van der Waals surface area contributed by atoms with Crippen molar-refractivity contribution in [3.8, 4) is 0 Å². The second kappa shape index (κ2) is 6.88. The molecule has 0 saturated carbocycles. The van der Waals surface area contributed by atoms with Crippen molar-refractivity contribution in [1.82, 2.24) is 9.88 Å². The van der Waals surface area contributed by atoms with Crippen LogP contribution in [0.15, 0.2) is 59.0 Å². The Morgan fingerprint density at radius 1 is 1.00 bits per heavy atom. The van der Waals surface area contributed by atoms with Gasteiger partial charge in [-0.25, -0.2) is 9.37 Å².